The summed E-state index contributed by atoms with van der Waals surface area (Å²) in [6.45, 7) is 7.44. The minimum Gasteiger partial charge on any atom is -0.383 e. The molecule has 0 radical (unpaired) electrons. The van der Waals surface area contributed by atoms with Gasteiger partial charge in [-0.3, -0.25) is 4.79 Å². The Balaban J connectivity index is 2.09. The second kappa shape index (κ2) is 5.97. The van der Waals surface area contributed by atoms with E-state index in [0.717, 1.165) is 22.9 Å². The van der Waals surface area contributed by atoms with Crippen LogP contribution in [0.4, 0.5) is 5.69 Å². The molecule has 0 aliphatic heterocycles. The minimum atomic E-state index is -0.112. The van der Waals surface area contributed by atoms with Crippen LogP contribution in [0.1, 0.15) is 24.5 Å². The summed E-state index contributed by atoms with van der Waals surface area (Å²) in [5, 5.41) is 10.3. The Labute approximate surface area is 116 Å². The highest BCUT2D eigenvalue weighted by atomic mass is 32.1. The summed E-state index contributed by atoms with van der Waals surface area (Å²) in [5.74, 6) is 0.528. The largest absolute Gasteiger partial charge is 0.383 e. The third-order valence-corrected chi connectivity index (χ3v) is 3.38. The van der Waals surface area contributed by atoms with Gasteiger partial charge in [0.25, 0.3) is 5.56 Å². The molecule has 2 rings (SSSR count). The highest BCUT2D eigenvalue weighted by Gasteiger charge is 2.04. The molecule has 0 fully saturated rings. The van der Waals surface area contributed by atoms with E-state index in [-0.39, 0.29) is 5.56 Å². The molecule has 1 N–H and O–H groups in total. The van der Waals surface area contributed by atoms with Gasteiger partial charge in [-0.05, 0) is 12.8 Å². The summed E-state index contributed by atoms with van der Waals surface area (Å²) in [6.07, 6.45) is 1.68. The molecule has 0 atom stereocenters. The average Bonchev–Trinajstić information content (AvgIpc) is 2.75. The van der Waals surface area contributed by atoms with Crippen LogP contribution >= 0.6 is 11.3 Å². The molecule has 0 aromatic carbocycles. The van der Waals surface area contributed by atoms with Crippen molar-refractivity contribution in [1.29, 1.82) is 0 Å². The number of hydrogen-bond donors (Lipinski definition) is 1. The first-order valence-electron chi connectivity index (χ1n) is 6.26. The lowest BCUT2D eigenvalue weighted by atomic mass is 10.2. The topological polar surface area (TPSA) is 59.8 Å². The van der Waals surface area contributed by atoms with Crippen molar-refractivity contribution in [1.82, 2.24) is 14.8 Å². The number of aromatic nitrogens is 3. The van der Waals surface area contributed by atoms with Crippen LogP contribution in [-0.4, -0.2) is 21.3 Å². The Kier molecular flexibility index (Phi) is 4.31. The van der Waals surface area contributed by atoms with Crippen molar-refractivity contribution in [2.24, 2.45) is 5.92 Å². The molecular formula is C13H18N4OS. The summed E-state index contributed by atoms with van der Waals surface area (Å²) >= 11 is 1.58. The molecule has 2 heterocycles. The van der Waals surface area contributed by atoms with Gasteiger partial charge >= 0.3 is 0 Å². The summed E-state index contributed by atoms with van der Waals surface area (Å²) in [5.41, 5.74) is 1.53. The van der Waals surface area contributed by atoms with Crippen LogP contribution in [0, 0.1) is 12.8 Å². The van der Waals surface area contributed by atoms with Crippen molar-refractivity contribution >= 4 is 17.0 Å². The van der Waals surface area contributed by atoms with Gasteiger partial charge < -0.3 is 5.32 Å². The highest BCUT2D eigenvalue weighted by Crippen LogP contribution is 2.08. The molecule has 0 amide bonds. The van der Waals surface area contributed by atoms with E-state index >= 15 is 0 Å². The molecule has 0 saturated carbocycles. The maximum Gasteiger partial charge on any atom is 0.269 e. The Morgan fingerprint density at radius 1 is 1.47 bits per heavy atom. The van der Waals surface area contributed by atoms with Crippen LogP contribution in [0.25, 0.3) is 0 Å². The van der Waals surface area contributed by atoms with E-state index in [1.165, 1.54) is 4.68 Å². The Bertz CT molecular complexity index is 603. The predicted octanol–water partition coefficient (Wildman–Crippen LogP) is 2.12. The maximum atomic E-state index is 11.9. The van der Waals surface area contributed by atoms with Crippen molar-refractivity contribution in [3.63, 3.8) is 0 Å². The summed E-state index contributed by atoms with van der Waals surface area (Å²) in [6, 6.07) is 1.58. The van der Waals surface area contributed by atoms with Crippen molar-refractivity contribution < 1.29 is 0 Å². The molecule has 0 spiro atoms. The quantitative estimate of drug-likeness (QED) is 0.910. The monoisotopic (exact) mass is 278 g/mol. The van der Waals surface area contributed by atoms with Gasteiger partial charge in [0, 0.05) is 18.0 Å². The van der Waals surface area contributed by atoms with Crippen molar-refractivity contribution in [2.45, 2.75) is 27.3 Å². The number of anilines is 1. The Hall–Kier alpha value is -1.69. The Morgan fingerprint density at radius 3 is 2.84 bits per heavy atom. The average molecular weight is 278 g/mol. The fraction of sp³-hybridized carbons (Fsp3) is 0.462. The molecule has 19 heavy (non-hydrogen) atoms. The van der Waals surface area contributed by atoms with E-state index in [2.05, 4.69) is 29.2 Å². The van der Waals surface area contributed by atoms with Crippen LogP contribution in [0.3, 0.4) is 0 Å². The van der Waals surface area contributed by atoms with E-state index in [1.807, 2.05) is 12.3 Å². The van der Waals surface area contributed by atoms with Crippen LogP contribution in [0.2, 0.25) is 0 Å². The van der Waals surface area contributed by atoms with Crippen LogP contribution in [-0.2, 0) is 6.54 Å². The number of aryl methyl sites for hydroxylation is 1. The molecule has 6 heteroatoms. The van der Waals surface area contributed by atoms with Gasteiger partial charge in [-0.25, -0.2) is 9.67 Å². The fourth-order valence-corrected chi connectivity index (χ4v) is 2.21. The third-order valence-electron chi connectivity index (χ3n) is 2.56. The molecule has 0 unspecified atom stereocenters. The van der Waals surface area contributed by atoms with Gasteiger partial charge in [0.05, 0.1) is 29.1 Å². The van der Waals surface area contributed by atoms with Gasteiger partial charge in [0.2, 0.25) is 0 Å². The van der Waals surface area contributed by atoms with E-state index < -0.39 is 0 Å². The van der Waals surface area contributed by atoms with Crippen molar-refractivity contribution in [2.75, 3.05) is 11.9 Å². The SMILES string of the molecule is Cc1nc(Cn2ncc(NCC(C)C)cc2=O)cs1. The first kappa shape index (κ1) is 13.7. The smallest absolute Gasteiger partial charge is 0.269 e. The number of nitrogens with one attached hydrogen (secondary N) is 1. The molecule has 0 aliphatic carbocycles. The molecule has 2 aromatic rings. The maximum absolute atomic E-state index is 11.9. The normalized spacial score (nSPS) is 10.9. The second-order valence-electron chi connectivity index (χ2n) is 4.87. The number of hydrogen-bond acceptors (Lipinski definition) is 5. The van der Waals surface area contributed by atoms with Gasteiger partial charge in [-0.2, -0.15) is 5.10 Å². The van der Waals surface area contributed by atoms with E-state index in [9.17, 15) is 4.79 Å². The molecular weight excluding hydrogens is 260 g/mol. The van der Waals surface area contributed by atoms with Gasteiger partial charge in [0.1, 0.15) is 0 Å². The number of rotatable bonds is 5. The lowest BCUT2D eigenvalue weighted by Gasteiger charge is -2.09. The van der Waals surface area contributed by atoms with Crippen LogP contribution < -0.4 is 10.9 Å². The number of thiazole rings is 1. The standard InChI is InChI=1S/C13H18N4OS/c1-9(2)5-14-11-4-13(18)17(15-6-11)7-12-8-19-10(3)16-12/h4,6,8-9,14H,5,7H2,1-3H3. The fourth-order valence-electron chi connectivity index (χ4n) is 1.61. The molecule has 2 aromatic heterocycles. The van der Waals surface area contributed by atoms with Crippen molar-refractivity contribution in [3.8, 4) is 0 Å². The van der Waals surface area contributed by atoms with Gasteiger partial charge in [-0.1, -0.05) is 13.8 Å². The van der Waals surface area contributed by atoms with E-state index in [1.54, 1.807) is 23.6 Å². The lowest BCUT2D eigenvalue weighted by molar-refractivity contribution is 0.628. The summed E-state index contributed by atoms with van der Waals surface area (Å²) < 4.78 is 1.43. The van der Waals surface area contributed by atoms with Crippen molar-refractivity contribution in [3.05, 3.63) is 38.7 Å². The van der Waals surface area contributed by atoms with Gasteiger partial charge in [0.15, 0.2) is 0 Å². The molecule has 0 saturated heterocycles. The molecule has 0 aliphatic rings. The number of nitrogens with zero attached hydrogens (tertiary/aromatic N) is 3. The molecule has 102 valence electrons. The van der Waals surface area contributed by atoms with Gasteiger partial charge in [-0.15, -0.1) is 11.3 Å². The zero-order chi connectivity index (χ0) is 13.8. The predicted molar refractivity (Wildman–Crippen MR) is 77.8 cm³/mol. The highest BCUT2D eigenvalue weighted by molar-refractivity contribution is 7.09. The zero-order valence-electron chi connectivity index (χ0n) is 11.4. The third kappa shape index (κ3) is 3.89. The Morgan fingerprint density at radius 2 is 2.26 bits per heavy atom. The molecule has 5 nitrogen and oxygen atoms in total. The van der Waals surface area contributed by atoms with Crippen LogP contribution in [0.5, 0.6) is 0 Å². The molecule has 0 bridgehead atoms. The minimum absolute atomic E-state index is 0.112. The first-order chi connectivity index (χ1) is 9.04. The lowest BCUT2D eigenvalue weighted by Crippen LogP contribution is -2.23. The zero-order valence-corrected chi connectivity index (χ0v) is 12.2. The first-order valence-corrected chi connectivity index (χ1v) is 7.14. The summed E-state index contributed by atoms with van der Waals surface area (Å²) in [7, 11) is 0. The van der Waals surface area contributed by atoms with E-state index in [0.29, 0.717) is 12.5 Å². The van der Waals surface area contributed by atoms with Crippen LogP contribution in [0.15, 0.2) is 22.4 Å². The van der Waals surface area contributed by atoms with E-state index in [4.69, 9.17) is 0 Å². The second-order valence-corrected chi connectivity index (χ2v) is 5.93. The summed E-state index contributed by atoms with van der Waals surface area (Å²) in [4.78, 5) is 16.3.